The van der Waals surface area contributed by atoms with E-state index in [0.29, 0.717) is 5.56 Å². The number of rotatable bonds is 3. The SMILES string of the molecule is Cc1cc(C#CCO)cc(C(=O)NC(C)c2nccs2)c1. The Hall–Kier alpha value is -2.16. The van der Waals surface area contributed by atoms with Crippen molar-refractivity contribution in [3.05, 3.63) is 51.5 Å². The van der Waals surface area contributed by atoms with E-state index in [1.165, 1.54) is 11.3 Å². The van der Waals surface area contributed by atoms with E-state index in [-0.39, 0.29) is 18.6 Å². The zero-order valence-corrected chi connectivity index (χ0v) is 12.7. The molecular weight excluding hydrogens is 284 g/mol. The summed E-state index contributed by atoms with van der Waals surface area (Å²) < 4.78 is 0. The molecule has 0 bridgehead atoms. The molecule has 0 aliphatic rings. The van der Waals surface area contributed by atoms with Crippen LogP contribution in [-0.4, -0.2) is 22.6 Å². The number of hydrogen-bond acceptors (Lipinski definition) is 4. The van der Waals surface area contributed by atoms with Gasteiger partial charge in [-0.3, -0.25) is 4.79 Å². The first-order chi connectivity index (χ1) is 10.1. The van der Waals surface area contributed by atoms with Crippen LogP contribution in [0.1, 0.15) is 39.5 Å². The highest BCUT2D eigenvalue weighted by Crippen LogP contribution is 2.16. The van der Waals surface area contributed by atoms with Crippen molar-refractivity contribution in [1.82, 2.24) is 10.3 Å². The summed E-state index contributed by atoms with van der Waals surface area (Å²) in [6.07, 6.45) is 1.72. The minimum Gasteiger partial charge on any atom is -0.384 e. The van der Waals surface area contributed by atoms with Crippen LogP contribution < -0.4 is 5.32 Å². The summed E-state index contributed by atoms with van der Waals surface area (Å²) >= 11 is 1.51. The van der Waals surface area contributed by atoms with Crippen molar-refractivity contribution < 1.29 is 9.90 Å². The third kappa shape index (κ3) is 4.15. The van der Waals surface area contributed by atoms with Gasteiger partial charge in [-0.05, 0) is 37.6 Å². The Balaban J connectivity index is 2.17. The second-order valence-corrected chi connectivity index (χ2v) is 5.54. The number of aliphatic hydroxyl groups excluding tert-OH is 1. The highest BCUT2D eigenvalue weighted by Gasteiger charge is 2.13. The quantitative estimate of drug-likeness (QED) is 0.855. The summed E-state index contributed by atoms with van der Waals surface area (Å²) in [6, 6.07) is 5.28. The molecule has 2 aromatic rings. The van der Waals surface area contributed by atoms with Crippen LogP contribution in [-0.2, 0) is 0 Å². The summed E-state index contributed by atoms with van der Waals surface area (Å²) in [6.45, 7) is 3.61. The number of aromatic nitrogens is 1. The van der Waals surface area contributed by atoms with Gasteiger partial charge in [0.15, 0.2) is 0 Å². The van der Waals surface area contributed by atoms with Gasteiger partial charge < -0.3 is 10.4 Å². The van der Waals surface area contributed by atoms with Crippen LogP contribution in [0.4, 0.5) is 0 Å². The van der Waals surface area contributed by atoms with Crippen molar-refractivity contribution in [2.24, 2.45) is 0 Å². The van der Waals surface area contributed by atoms with Crippen molar-refractivity contribution in [2.45, 2.75) is 19.9 Å². The van der Waals surface area contributed by atoms with Crippen LogP contribution in [0.25, 0.3) is 0 Å². The summed E-state index contributed by atoms with van der Waals surface area (Å²) in [5.41, 5.74) is 2.23. The third-order valence-electron chi connectivity index (χ3n) is 2.82. The topological polar surface area (TPSA) is 62.2 Å². The minimum atomic E-state index is -0.198. The molecule has 4 nitrogen and oxygen atoms in total. The first kappa shape index (κ1) is 15.2. The third-order valence-corrected chi connectivity index (χ3v) is 3.78. The average molecular weight is 300 g/mol. The Morgan fingerprint density at radius 3 is 2.95 bits per heavy atom. The molecule has 108 valence electrons. The predicted octanol–water partition coefficient (Wildman–Crippen LogP) is 2.29. The van der Waals surface area contributed by atoms with E-state index in [1.54, 1.807) is 12.3 Å². The van der Waals surface area contributed by atoms with E-state index < -0.39 is 0 Å². The van der Waals surface area contributed by atoms with Crippen molar-refractivity contribution >= 4 is 17.2 Å². The van der Waals surface area contributed by atoms with E-state index in [4.69, 9.17) is 5.11 Å². The second kappa shape index (κ2) is 7.02. The molecule has 1 unspecified atom stereocenters. The Bertz CT molecular complexity index is 684. The van der Waals surface area contributed by atoms with Gasteiger partial charge in [0.2, 0.25) is 0 Å². The second-order valence-electron chi connectivity index (χ2n) is 4.61. The molecule has 1 amide bonds. The van der Waals surface area contributed by atoms with Gasteiger partial charge in [-0.15, -0.1) is 11.3 Å². The van der Waals surface area contributed by atoms with Gasteiger partial charge in [0, 0.05) is 22.7 Å². The fourth-order valence-corrected chi connectivity index (χ4v) is 2.56. The first-order valence-corrected chi connectivity index (χ1v) is 7.40. The Labute approximate surface area is 127 Å². The Morgan fingerprint density at radius 1 is 1.48 bits per heavy atom. The molecule has 0 saturated carbocycles. The van der Waals surface area contributed by atoms with Crippen molar-refractivity contribution in [3.8, 4) is 11.8 Å². The van der Waals surface area contributed by atoms with Crippen LogP contribution in [0.15, 0.2) is 29.8 Å². The number of hydrogen-bond donors (Lipinski definition) is 2. The molecule has 0 aliphatic carbocycles. The van der Waals surface area contributed by atoms with Gasteiger partial charge in [-0.1, -0.05) is 11.8 Å². The van der Waals surface area contributed by atoms with Gasteiger partial charge >= 0.3 is 0 Å². The van der Waals surface area contributed by atoms with Crippen LogP contribution in [0.2, 0.25) is 0 Å². The smallest absolute Gasteiger partial charge is 0.251 e. The summed E-state index contributed by atoms with van der Waals surface area (Å²) in [7, 11) is 0. The van der Waals surface area contributed by atoms with Crippen LogP contribution in [0.5, 0.6) is 0 Å². The normalized spacial score (nSPS) is 11.4. The van der Waals surface area contributed by atoms with E-state index in [0.717, 1.165) is 16.1 Å². The van der Waals surface area contributed by atoms with Gasteiger partial charge in [0.1, 0.15) is 11.6 Å². The monoisotopic (exact) mass is 300 g/mol. The van der Waals surface area contributed by atoms with E-state index in [2.05, 4.69) is 22.1 Å². The number of benzene rings is 1. The lowest BCUT2D eigenvalue weighted by Gasteiger charge is -2.12. The zero-order chi connectivity index (χ0) is 15.2. The number of carbonyl (C=O) groups excluding carboxylic acids is 1. The molecule has 1 aromatic carbocycles. The van der Waals surface area contributed by atoms with Crippen LogP contribution in [0.3, 0.4) is 0 Å². The maximum atomic E-state index is 12.3. The van der Waals surface area contributed by atoms with Crippen molar-refractivity contribution in [3.63, 3.8) is 0 Å². The Morgan fingerprint density at radius 2 is 2.29 bits per heavy atom. The van der Waals surface area contributed by atoms with E-state index in [9.17, 15) is 4.79 Å². The molecule has 0 aliphatic heterocycles. The summed E-state index contributed by atoms with van der Waals surface area (Å²) in [5, 5.41) is 14.4. The highest BCUT2D eigenvalue weighted by atomic mass is 32.1. The molecule has 0 spiro atoms. The molecule has 2 N–H and O–H groups in total. The number of amides is 1. The maximum absolute atomic E-state index is 12.3. The largest absolute Gasteiger partial charge is 0.384 e. The lowest BCUT2D eigenvalue weighted by molar-refractivity contribution is 0.0939. The van der Waals surface area contributed by atoms with Crippen LogP contribution in [0, 0.1) is 18.8 Å². The Kier molecular flexibility index (Phi) is 5.09. The number of nitrogens with zero attached hydrogens (tertiary/aromatic N) is 1. The predicted molar refractivity (Wildman–Crippen MR) is 83.1 cm³/mol. The number of nitrogens with one attached hydrogen (secondary N) is 1. The fraction of sp³-hybridized carbons (Fsp3) is 0.250. The summed E-state index contributed by atoms with van der Waals surface area (Å²) in [4.78, 5) is 16.5. The number of aryl methyl sites for hydroxylation is 1. The molecule has 0 saturated heterocycles. The van der Waals surface area contributed by atoms with Gasteiger partial charge in [-0.2, -0.15) is 0 Å². The van der Waals surface area contributed by atoms with E-state index >= 15 is 0 Å². The van der Waals surface area contributed by atoms with Crippen LogP contribution >= 0.6 is 11.3 Å². The molecule has 1 heterocycles. The molecule has 0 fully saturated rings. The standard InChI is InChI=1S/C16H16N2O2S/c1-11-8-13(4-3-6-19)10-14(9-11)15(20)18-12(2)16-17-5-7-21-16/h5,7-10,12,19H,6H2,1-2H3,(H,18,20). The van der Waals surface area contributed by atoms with Gasteiger partial charge in [0.05, 0.1) is 6.04 Å². The number of aliphatic hydroxyl groups is 1. The highest BCUT2D eigenvalue weighted by molar-refractivity contribution is 7.09. The maximum Gasteiger partial charge on any atom is 0.251 e. The zero-order valence-electron chi connectivity index (χ0n) is 11.9. The molecular formula is C16H16N2O2S. The molecule has 1 atom stereocenters. The molecule has 1 aromatic heterocycles. The van der Waals surface area contributed by atoms with Gasteiger partial charge in [0.25, 0.3) is 5.91 Å². The first-order valence-electron chi connectivity index (χ1n) is 6.52. The lowest BCUT2D eigenvalue weighted by atomic mass is 10.1. The van der Waals surface area contributed by atoms with E-state index in [1.807, 2.05) is 31.4 Å². The molecule has 2 rings (SSSR count). The minimum absolute atomic E-state index is 0.134. The van der Waals surface area contributed by atoms with Crippen molar-refractivity contribution in [1.29, 1.82) is 0 Å². The fourth-order valence-electron chi connectivity index (χ4n) is 1.92. The molecule has 0 radical (unpaired) electrons. The van der Waals surface area contributed by atoms with Gasteiger partial charge in [-0.25, -0.2) is 4.98 Å². The molecule has 21 heavy (non-hydrogen) atoms. The number of carbonyl (C=O) groups is 1. The summed E-state index contributed by atoms with van der Waals surface area (Å²) in [5.74, 6) is 5.25. The van der Waals surface area contributed by atoms with Crippen molar-refractivity contribution in [2.75, 3.05) is 6.61 Å². The average Bonchev–Trinajstić information content (AvgIpc) is 2.98. The lowest BCUT2D eigenvalue weighted by Crippen LogP contribution is -2.26. The molecule has 5 heteroatoms. The number of thiazole rings is 1.